The maximum Gasteiger partial charge on any atom is 0.141 e. The number of nitrogens with zero attached hydrogens (tertiary/aromatic N) is 5. The van der Waals surface area contributed by atoms with Gasteiger partial charge < -0.3 is 10.1 Å². The fourth-order valence-electron chi connectivity index (χ4n) is 3.38. The summed E-state index contributed by atoms with van der Waals surface area (Å²) in [5.74, 6) is 1.55. The Kier molecular flexibility index (Phi) is 4.98. The molecular weight excluding hydrogens is 388 g/mol. The van der Waals surface area contributed by atoms with Crippen LogP contribution in [0.1, 0.15) is 5.56 Å². The first kappa shape index (κ1) is 18.7. The standard InChI is InChI=1S/C24H20N6O/c1-30-23(14-27-29-30)18-7-12-22-21(13-18)24(26-16-25-22)28-19-8-10-20(11-9-19)31-15-17-5-3-2-4-6-17/h2-14,16H,15H2,1H3,(H,25,26,28). The van der Waals surface area contributed by atoms with E-state index in [2.05, 4.69) is 25.6 Å². The zero-order valence-corrected chi connectivity index (χ0v) is 16.9. The van der Waals surface area contributed by atoms with E-state index in [1.165, 1.54) is 0 Å². The maximum atomic E-state index is 5.87. The molecule has 7 heteroatoms. The van der Waals surface area contributed by atoms with Crippen LogP contribution in [-0.4, -0.2) is 25.0 Å². The lowest BCUT2D eigenvalue weighted by Crippen LogP contribution is -1.98. The van der Waals surface area contributed by atoms with Gasteiger partial charge in [-0.15, -0.1) is 5.10 Å². The molecule has 0 aliphatic rings. The Hall–Kier alpha value is -4.26. The molecule has 0 bridgehead atoms. The number of rotatable bonds is 6. The predicted octanol–water partition coefficient (Wildman–Crippen LogP) is 4.75. The van der Waals surface area contributed by atoms with Crippen LogP contribution in [0, 0.1) is 0 Å². The lowest BCUT2D eigenvalue weighted by atomic mass is 10.1. The zero-order chi connectivity index (χ0) is 21.0. The van der Waals surface area contributed by atoms with Gasteiger partial charge in [-0.3, -0.25) is 0 Å². The molecule has 5 aromatic rings. The monoisotopic (exact) mass is 408 g/mol. The molecule has 2 aromatic heterocycles. The molecule has 0 amide bonds. The lowest BCUT2D eigenvalue weighted by molar-refractivity contribution is 0.306. The summed E-state index contributed by atoms with van der Waals surface area (Å²) in [7, 11) is 1.87. The summed E-state index contributed by atoms with van der Waals surface area (Å²) in [6, 6.07) is 24.0. The molecular formula is C24H20N6O. The molecule has 1 N–H and O–H groups in total. The fourth-order valence-corrected chi connectivity index (χ4v) is 3.38. The molecule has 0 aliphatic heterocycles. The molecule has 0 saturated heterocycles. The normalized spacial score (nSPS) is 10.9. The van der Waals surface area contributed by atoms with Gasteiger partial charge in [0.15, 0.2) is 0 Å². The van der Waals surface area contributed by atoms with Gasteiger partial charge in [0.1, 0.15) is 24.5 Å². The van der Waals surface area contributed by atoms with Crippen LogP contribution in [-0.2, 0) is 13.7 Å². The van der Waals surface area contributed by atoms with Crippen molar-refractivity contribution in [3.8, 4) is 17.0 Å². The van der Waals surface area contributed by atoms with Crippen LogP contribution < -0.4 is 10.1 Å². The third kappa shape index (κ3) is 4.06. The molecule has 0 spiro atoms. The van der Waals surface area contributed by atoms with E-state index < -0.39 is 0 Å². The summed E-state index contributed by atoms with van der Waals surface area (Å²) in [5.41, 5.74) is 4.84. The van der Waals surface area contributed by atoms with Crippen LogP contribution in [0.25, 0.3) is 22.2 Å². The van der Waals surface area contributed by atoms with E-state index >= 15 is 0 Å². The lowest BCUT2D eigenvalue weighted by Gasteiger charge is -2.11. The van der Waals surface area contributed by atoms with Crippen molar-refractivity contribution in [3.05, 3.63) is 90.9 Å². The molecule has 2 heterocycles. The van der Waals surface area contributed by atoms with E-state index in [1.807, 2.05) is 79.8 Å². The number of fused-ring (bicyclic) bond motifs is 1. The van der Waals surface area contributed by atoms with E-state index in [0.29, 0.717) is 6.61 Å². The molecule has 7 nitrogen and oxygen atoms in total. The Morgan fingerprint density at radius 1 is 0.935 bits per heavy atom. The van der Waals surface area contributed by atoms with Crippen LogP contribution in [0.2, 0.25) is 0 Å². The molecule has 31 heavy (non-hydrogen) atoms. The number of benzene rings is 3. The number of hydrogen-bond donors (Lipinski definition) is 1. The van der Waals surface area contributed by atoms with E-state index in [9.17, 15) is 0 Å². The van der Waals surface area contributed by atoms with Crippen molar-refractivity contribution < 1.29 is 4.74 Å². The van der Waals surface area contributed by atoms with E-state index in [-0.39, 0.29) is 0 Å². The first-order valence-electron chi connectivity index (χ1n) is 9.90. The highest BCUT2D eigenvalue weighted by atomic mass is 16.5. The number of nitrogens with one attached hydrogen (secondary N) is 1. The van der Waals surface area contributed by atoms with Gasteiger partial charge in [-0.2, -0.15) is 0 Å². The average Bonchev–Trinajstić information content (AvgIpc) is 3.25. The van der Waals surface area contributed by atoms with Crippen LogP contribution >= 0.6 is 0 Å². The van der Waals surface area contributed by atoms with Gasteiger partial charge in [0, 0.05) is 23.7 Å². The SMILES string of the molecule is Cn1nncc1-c1ccc2ncnc(Nc3ccc(OCc4ccccc4)cc3)c2c1. The van der Waals surface area contributed by atoms with Crippen molar-refractivity contribution in [2.75, 3.05) is 5.32 Å². The molecule has 152 valence electrons. The second-order valence-corrected chi connectivity index (χ2v) is 7.12. The number of aromatic nitrogens is 5. The van der Waals surface area contributed by atoms with Gasteiger partial charge in [-0.05, 0) is 42.0 Å². The van der Waals surface area contributed by atoms with Gasteiger partial charge in [0.2, 0.25) is 0 Å². The van der Waals surface area contributed by atoms with E-state index in [0.717, 1.165) is 45.0 Å². The summed E-state index contributed by atoms with van der Waals surface area (Å²) in [6.45, 7) is 0.538. The maximum absolute atomic E-state index is 5.87. The Labute approximate surface area is 179 Å². The highest BCUT2D eigenvalue weighted by Crippen LogP contribution is 2.28. The van der Waals surface area contributed by atoms with E-state index in [1.54, 1.807) is 17.2 Å². The predicted molar refractivity (Wildman–Crippen MR) is 120 cm³/mol. The Morgan fingerprint density at radius 2 is 1.77 bits per heavy atom. The minimum Gasteiger partial charge on any atom is -0.489 e. The molecule has 0 aliphatic carbocycles. The summed E-state index contributed by atoms with van der Waals surface area (Å²) in [5, 5.41) is 12.3. The largest absolute Gasteiger partial charge is 0.489 e. The first-order chi connectivity index (χ1) is 15.3. The van der Waals surface area contributed by atoms with Gasteiger partial charge >= 0.3 is 0 Å². The highest BCUT2D eigenvalue weighted by Gasteiger charge is 2.09. The number of ether oxygens (including phenoxy) is 1. The highest BCUT2D eigenvalue weighted by molar-refractivity contribution is 5.93. The van der Waals surface area contributed by atoms with Crippen LogP contribution in [0.4, 0.5) is 11.5 Å². The van der Waals surface area contributed by atoms with Crippen molar-refractivity contribution >= 4 is 22.4 Å². The van der Waals surface area contributed by atoms with Gasteiger partial charge in [0.05, 0.1) is 17.4 Å². The molecule has 0 fully saturated rings. The molecule has 0 unspecified atom stereocenters. The smallest absolute Gasteiger partial charge is 0.141 e. The van der Waals surface area contributed by atoms with Gasteiger partial charge in [-0.1, -0.05) is 41.6 Å². The summed E-state index contributed by atoms with van der Waals surface area (Å²) < 4.78 is 7.61. The van der Waals surface area contributed by atoms with Crippen LogP contribution in [0.3, 0.4) is 0 Å². The number of anilines is 2. The van der Waals surface area contributed by atoms with Crippen molar-refractivity contribution in [2.45, 2.75) is 6.61 Å². The fraction of sp³-hybridized carbons (Fsp3) is 0.0833. The summed E-state index contributed by atoms with van der Waals surface area (Å²) in [4.78, 5) is 8.84. The summed E-state index contributed by atoms with van der Waals surface area (Å²) >= 11 is 0. The Balaban J connectivity index is 1.36. The minimum absolute atomic E-state index is 0.538. The zero-order valence-electron chi connectivity index (χ0n) is 16.9. The second kappa shape index (κ2) is 8.23. The molecule has 0 saturated carbocycles. The summed E-state index contributed by atoms with van der Waals surface area (Å²) in [6.07, 6.45) is 3.31. The van der Waals surface area contributed by atoms with Crippen molar-refractivity contribution in [3.63, 3.8) is 0 Å². The molecule has 3 aromatic carbocycles. The minimum atomic E-state index is 0.538. The van der Waals surface area contributed by atoms with Gasteiger partial charge in [0.25, 0.3) is 0 Å². The van der Waals surface area contributed by atoms with Crippen molar-refractivity contribution in [1.29, 1.82) is 0 Å². The average molecular weight is 408 g/mol. The second-order valence-electron chi connectivity index (χ2n) is 7.12. The molecule has 5 rings (SSSR count). The van der Waals surface area contributed by atoms with Crippen molar-refractivity contribution in [1.82, 2.24) is 25.0 Å². The van der Waals surface area contributed by atoms with Gasteiger partial charge in [-0.25, -0.2) is 14.6 Å². The molecule has 0 atom stereocenters. The first-order valence-corrected chi connectivity index (χ1v) is 9.90. The Morgan fingerprint density at radius 3 is 2.55 bits per heavy atom. The quantitative estimate of drug-likeness (QED) is 0.437. The number of aryl methyl sites for hydroxylation is 1. The van der Waals surface area contributed by atoms with Crippen LogP contribution in [0.15, 0.2) is 85.3 Å². The number of hydrogen-bond acceptors (Lipinski definition) is 6. The van der Waals surface area contributed by atoms with Crippen LogP contribution in [0.5, 0.6) is 5.75 Å². The molecule has 0 radical (unpaired) electrons. The van der Waals surface area contributed by atoms with E-state index in [4.69, 9.17) is 4.74 Å². The Bertz CT molecular complexity index is 1320. The third-order valence-corrected chi connectivity index (χ3v) is 5.01. The topological polar surface area (TPSA) is 77.8 Å². The van der Waals surface area contributed by atoms with Crippen molar-refractivity contribution in [2.24, 2.45) is 7.05 Å². The third-order valence-electron chi connectivity index (χ3n) is 5.01.